The normalized spacial score (nSPS) is 11.1. The minimum Gasteiger partial charge on any atom is -0.385 e. The van der Waals surface area contributed by atoms with E-state index in [1.54, 1.807) is 13.3 Å². The Morgan fingerprint density at radius 1 is 1.41 bits per heavy atom. The van der Waals surface area contributed by atoms with Crippen LogP contribution in [0.15, 0.2) is 24.5 Å². The molecule has 4 nitrogen and oxygen atoms in total. The summed E-state index contributed by atoms with van der Waals surface area (Å²) in [7, 11) is 1.74. The van der Waals surface area contributed by atoms with E-state index in [1.807, 2.05) is 12.3 Å². The van der Waals surface area contributed by atoms with Crippen molar-refractivity contribution >= 4 is 11.0 Å². The molecule has 0 atom stereocenters. The Kier molecular flexibility index (Phi) is 4.53. The summed E-state index contributed by atoms with van der Waals surface area (Å²) in [5.41, 5.74) is 2.24. The van der Waals surface area contributed by atoms with E-state index in [9.17, 15) is 0 Å². The van der Waals surface area contributed by atoms with Crippen LogP contribution in [0.5, 0.6) is 0 Å². The average molecular weight is 233 g/mol. The Labute approximate surface area is 101 Å². The van der Waals surface area contributed by atoms with Crippen molar-refractivity contribution in [3.8, 4) is 0 Å². The Morgan fingerprint density at radius 2 is 2.35 bits per heavy atom. The summed E-state index contributed by atoms with van der Waals surface area (Å²) in [5.74, 6) is 0. The molecule has 4 heteroatoms. The third kappa shape index (κ3) is 3.28. The molecule has 0 fully saturated rings. The van der Waals surface area contributed by atoms with Crippen LogP contribution in [-0.4, -0.2) is 30.2 Å². The predicted octanol–water partition coefficient (Wildman–Crippen LogP) is 2.08. The van der Waals surface area contributed by atoms with E-state index in [4.69, 9.17) is 4.74 Å². The van der Waals surface area contributed by atoms with Crippen molar-refractivity contribution in [2.45, 2.75) is 19.4 Å². The summed E-state index contributed by atoms with van der Waals surface area (Å²) in [4.78, 5) is 7.45. The van der Waals surface area contributed by atoms with Gasteiger partial charge in [0.05, 0.1) is 0 Å². The van der Waals surface area contributed by atoms with Gasteiger partial charge in [0.1, 0.15) is 5.65 Å². The number of ether oxygens (including phenoxy) is 1. The Hall–Kier alpha value is -1.39. The highest BCUT2D eigenvalue weighted by Crippen LogP contribution is 2.14. The lowest BCUT2D eigenvalue weighted by atomic mass is 10.2. The van der Waals surface area contributed by atoms with E-state index < -0.39 is 0 Å². The maximum atomic E-state index is 5.01. The fraction of sp³-hybridized carbons (Fsp3) is 0.462. The molecule has 92 valence electrons. The fourth-order valence-electron chi connectivity index (χ4n) is 1.88. The van der Waals surface area contributed by atoms with Gasteiger partial charge < -0.3 is 15.0 Å². The number of unbranched alkanes of at least 4 members (excludes halogenated alkanes) is 1. The molecule has 2 N–H and O–H groups in total. The number of rotatable bonds is 7. The van der Waals surface area contributed by atoms with Crippen LogP contribution in [0, 0.1) is 0 Å². The summed E-state index contributed by atoms with van der Waals surface area (Å²) in [5, 5.41) is 4.64. The predicted molar refractivity (Wildman–Crippen MR) is 68.9 cm³/mol. The molecule has 2 rings (SSSR count). The third-order valence-corrected chi connectivity index (χ3v) is 2.80. The number of nitrogens with one attached hydrogen (secondary N) is 2. The highest BCUT2D eigenvalue weighted by atomic mass is 16.5. The van der Waals surface area contributed by atoms with Crippen LogP contribution in [0.2, 0.25) is 0 Å². The van der Waals surface area contributed by atoms with Crippen LogP contribution in [-0.2, 0) is 11.3 Å². The maximum Gasteiger partial charge on any atom is 0.137 e. The molecule has 0 bridgehead atoms. The monoisotopic (exact) mass is 233 g/mol. The Bertz CT molecular complexity index is 453. The third-order valence-electron chi connectivity index (χ3n) is 2.80. The Morgan fingerprint density at radius 3 is 3.24 bits per heavy atom. The summed E-state index contributed by atoms with van der Waals surface area (Å²) in [6.07, 6.45) is 6.09. The zero-order chi connectivity index (χ0) is 11.9. The largest absolute Gasteiger partial charge is 0.385 e. The zero-order valence-electron chi connectivity index (χ0n) is 10.2. The molecule has 0 aliphatic carbocycles. The number of fused-ring (bicyclic) bond motifs is 1. The van der Waals surface area contributed by atoms with Crippen molar-refractivity contribution in [3.05, 3.63) is 30.1 Å². The second-order valence-corrected chi connectivity index (χ2v) is 4.09. The fourth-order valence-corrected chi connectivity index (χ4v) is 1.88. The van der Waals surface area contributed by atoms with E-state index >= 15 is 0 Å². The lowest BCUT2D eigenvalue weighted by Crippen LogP contribution is -2.14. The highest BCUT2D eigenvalue weighted by molar-refractivity contribution is 5.79. The number of aromatic nitrogens is 2. The highest BCUT2D eigenvalue weighted by Gasteiger charge is 2.02. The molecule has 2 aromatic heterocycles. The Balaban J connectivity index is 1.79. The van der Waals surface area contributed by atoms with Gasteiger partial charge in [0.15, 0.2) is 0 Å². The molecule has 0 aliphatic rings. The molecule has 0 aromatic carbocycles. The van der Waals surface area contributed by atoms with Gasteiger partial charge in [-0.2, -0.15) is 0 Å². The lowest BCUT2D eigenvalue weighted by molar-refractivity contribution is 0.192. The average Bonchev–Trinajstić information content (AvgIpc) is 2.77. The first-order valence-electron chi connectivity index (χ1n) is 6.02. The lowest BCUT2D eigenvalue weighted by Gasteiger charge is -2.03. The van der Waals surface area contributed by atoms with Crippen LogP contribution in [0.1, 0.15) is 18.4 Å². The first kappa shape index (κ1) is 12.1. The quantitative estimate of drug-likeness (QED) is 0.720. The van der Waals surface area contributed by atoms with Gasteiger partial charge in [-0.15, -0.1) is 0 Å². The molecule has 0 aliphatic heterocycles. The molecular weight excluding hydrogens is 214 g/mol. The van der Waals surface area contributed by atoms with Crippen LogP contribution in [0.25, 0.3) is 11.0 Å². The molecule has 17 heavy (non-hydrogen) atoms. The molecule has 0 amide bonds. The molecular formula is C13H19N3O. The summed E-state index contributed by atoms with van der Waals surface area (Å²) < 4.78 is 5.01. The van der Waals surface area contributed by atoms with Gasteiger partial charge in [0, 0.05) is 38.0 Å². The summed E-state index contributed by atoms with van der Waals surface area (Å²) in [6.45, 7) is 2.76. The molecule has 2 heterocycles. The molecule has 0 radical (unpaired) electrons. The minimum atomic E-state index is 0.846. The molecule has 2 aromatic rings. The number of pyridine rings is 1. The van der Waals surface area contributed by atoms with Crippen molar-refractivity contribution in [2.75, 3.05) is 20.3 Å². The van der Waals surface area contributed by atoms with Gasteiger partial charge in [0.25, 0.3) is 0 Å². The van der Waals surface area contributed by atoms with Crippen molar-refractivity contribution in [1.29, 1.82) is 0 Å². The van der Waals surface area contributed by atoms with Crippen molar-refractivity contribution < 1.29 is 4.74 Å². The molecule has 0 spiro atoms. The van der Waals surface area contributed by atoms with E-state index in [-0.39, 0.29) is 0 Å². The molecule has 0 saturated heterocycles. The minimum absolute atomic E-state index is 0.846. The first-order valence-corrected chi connectivity index (χ1v) is 6.02. The van der Waals surface area contributed by atoms with E-state index in [1.165, 1.54) is 10.9 Å². The number of hydrogen-bond donors (Lipinski definition) is 2. The van der Waals surface area contributed by atoms with Gasteiger partial charge >= 0.3 is 0 Å². The van der Waals surface area contributed by atoms with E-state index in [0.717, 1.165) is 38.2 Å². The summed E-state index contributed by atoms with van der Waals surface area (Å²) >= 11 is 0. The molecule has 0 unspecified atom stereocenters. The second-order valence-electron chi connectivity index (χ2n) is 4.09. The number of hydrogen-bond acceptors (Lipinski definition) is 3. The van der Waals surface area contributed by atoms with Gasteiger partial charge in [-0.3, -0.25) is 0 Å². The van der Waals surface area contributed by atoms with Crippen molar-refractivity contribution in [3.63, 3.8) is 0 Å². The topological polar surface area (TPSA) is 49.9 Å². The number of H-pyrrole nitrogens is 1. The van der Waals surface area contributed by atoms with Crippen LogP contribution >= 0.6 is 0 Å². The van der Waals surface area contributed by atoms with Crippen LogP contribution in [0.4, 0.5) is 0 Å². The van der Waals surface area contributed by atoms with E-state index in [2.05, 4.69) is 21.4 Å². The SMILES string of the molecule is COCCCCNCc1c[nH]c2ncccc12. The first-order chi connectivity index (χ1) is 8.42. The smallest absolute Gasteiger partial charge is 0.137 e. The van der Waals surface area contributed by atoms with E-state index in [0.29, 0.717) is 0 Å². The zero-order valence-corrected chi connectivity index (χ0v) is 10.2. The van der Waals surface area contributed by atoms with Crippen LogP contribution in [0.3, 0.4) is 0 Å². The standard InChI is InChI=1S/C13H19N3O/c1-17-8-3-2-6-14-9-11-10-16-13-12(11)5-4-7-15-13/h4-5,7,10,14H,2-3,6,8-9H2,1H3,(H,15,16). The molecule has 0 saturated carbocycles. The summed E-state index contributed by atoms with van der Waals surface area (Å²) in [6, 6.07) is 4.07. The number of methoxy groups -OCH3 is 1. The number of nitrogens with zero attached hydrogens (tertiary/aromatic N) is 1. The maximum absolute atomic E-state index is 5.01. The van der Waals surface area contributed by atoms with Crippen molar-refractivity contribution in [1.82, 2.24) is 15.3 Å². The number of aromatic amines is 1. The van der Waals surface area contributed by atoms with Crippen molar-refractivity contribution in [2.24, 2.45) is 0 Å². The van der Waals surface area contributed by atoms with Gasteiger partial charge in [-0.05, 0) is 37.1 Å². The van der Waals surface area contributed by atoms with Gasteiger partial charge in [-0.1, -0.05) is 0 Å². The van der Waals surface area contributed by atoms with Gasteiger partial charge in [0.2, 0.25) is 0 Å². The second kappa shape index (κ2) is 6.37. The van der Waals surface area contributed by atoms with Gasteiger partial charge in [-0.25, -0.2) is 4.98 Å². The van der Waals surface area contributed by atoms with Crippen LogP contribution < -0.4 is 5.32 Å².